The van der Waals surface area contributed by atoms with Gasteiger partial charge in [-0.2, -0.15) is 0 Å². The van der Waals surface area contributed by atoms with Crippen LogP contribution in [-0.4, -0.2) is 13.2 Å². The summed E-state index contributed by atoms with van der Waals surface area (Å²) in [4.78, 5) is 0. The highest BCUT2D eigenvalue weighted by atomic mass is 35.5. The second kappa shape index (κ2) is 7.75. The monoisotopic (exact) mass is 293 g/mol. The average Bonchev–Trinajstić information content (AvgIpc) is 2.45. The van der Waals surface area contributed by atoms with Gasteiger partial charge < -0.3 is 10.1 Å². The third-order valence-corrected chi connectivity index (χ3v) is 3.06. The number of hydrogen-bond acceptors (Lipinski definition) is 2. The Morgan fingerprint density at radius 2 is 1.85 bits per heavy atom. The first kappa shape index (κ1) is 14.7. The van der Waals surface area contributed by atoms with E-state index in [-0.39, 0.29) is 5.82 Å². The summed E-state index contributed by atoms with van der Waals surface area (Å²) in [5.41, 5.74) is 0.809. The predicted octanol–water partition coefficient (Wildman–Crippen LogP) is 4.75. The molecule has 2 rings (SSSR count). The lowest BCUT2D eigenvalue weighted by atomic mass is 10.3. The van der Waals surface area contributed by atoms with E-state index in [4.69, 9.17) is 16.3 Å². The summed E-state index contributed by atoms with van der Waals surface area (Å²) in [5, 5.41) is 3.88. The molecule has 0 saturated carbocycles. The molecule has 0 radical (unpaired) electrons. The quantitative estimate of drug-likeness (QED) is 0.744. The van der Waals surface area contributed by atoms with Crippen molar-refractivity contribution < 1.29 is 9.13 Å². The zero-order chi connectivity index (χ0) is 14.2. The smallest absolute Gasteiger partial charge is 0.125 e. The molecule has 0 unspecified atom stereocenters. The highest BCUT2D eigenvalue weighted by molar-refractivity contribution is 6.30. The molecule has 2 nitrogen and oxygen atoms in total. The molecular formula is C16H17ClFNO. The fourth-order valence-electron chi connectivity index (χ4n) is 1.78. The maximum Gasteiger partial charge on any atom is 0.125 e. The van der Waals surface area contributed by atoms with Gasteiger partial charge in [0.1, 0.15) is 11.6 Å². The van der Waals surface area contributed by atoms with Gasteiger partial charge >= 0.3 is 0 Å². The number of rotatable bonds is 7. The molecule has 0 atom stereocenters. The molecule has 0 aliphatic carbocycles. The van der Waals surface area contributed by atoms with Crippen molar-refractivity contribution in [1.29, 1.82) is 0 Å². The van der Waals surface area contributed by atoms with E-state index >= 15 is 0 Å². The van der Waals surface area contributed by atoms with E-state index in [2.05, 4.69) is 5.32 Å². The zero-order valence-electron chi connectivity index (χ0n) is 11.1. The summed E-state index contributed by atoms with van der Waals surface area (Å²) in [7, 11) is 0. The van der Waals surface area contributed by atoms with Crippen LogP contribution in [0.1, 0.15) is 12.8 Å². The van der Waals surface area contributed by atoms with Crippen LogP contribution in [0.25, 0.3) is 0 Å². The van der Waals surface area contributed by atoms with Gasteiger partial charge in [-0.1, -0.05) is 17.7 Å². The lowest BCUT2D eigenvalue weighted by Gasteiger charge is -2.08. The Morgan fingerprint density at radius 3 is 2.60 bits per heavy atom. The summed E-state index contributed by atoms with van der Waals surface area (Å²) in [5.74, 6) is 0.605. The molecule has 0 bridgehead atoms. The minimum atomic E-state index is -0.221. The van der Waals surface area contributed by atoms with Gasteiger partial charge in [0.2, 0.25) is 0 Å². The van der Waals surface area contributed by atoms with Crippen LogP contribution in [-0.2, 0) is 0 Å². The van der Waals surface area contributed by atoms with Crippen LogP contribution in [0.5, 0.6) is 5.75 Å². The van der Waals surface area contributed by atoms with Crippen LogP contribution in [0, 0.1) is 5.82 Å². The van der Waals surface area contributed by atoms with Crippen LogP contribution in [0.15, 0.2) is 48.5 Å². The number of benzene rings is 2. The Hall–Kier alpha value is -1.74. The molecule has 0 spiro atoms. The largest absolute Gasteiger partial charge is 0.494 e. The minimum absolute atomic E-state index is 0.221. The summed E-state index contributed by atoms with van der Waals surface area (Å²) in [6.45, 7) is 1.46. The van der Waals surface area contributed by atoms with Crippen molar-refractivity contribution in [3.63, 3.8) is 0 Å². The number of nitrogens with one attached hydrogen (secondary N) is 1. The number of halogens is 2. The fourth-order valence-corrected chi connectivity index (χ4v) is 1.91. The molecule has 0 saturated heterocycles. The van der Waals surface area contributed by atoms with Crippen LogP contribution in [0.2, 0.25) is 5.02 Å². The third kappa shape index (κ3) is 5.10. The van der Waals surface area contributed by atoms with Gasteiger partial charge in [0.15, 0.2) is 0 Å². The van der Waals surface area contributed by atoms with Gasteiger partial charge in [0, 0.05) is 17.3 Å². The molecule has 2 aromatic carbocycles. The molecule has 0 fully saturated rings. The van der Waals surface area contributed by atoms with E-state index in [1.807, 2.05) is 30.3 Å². The summed E-state index contributed by atoms with van der Waals surface area (Å²) >= 11 is 5.79. The lowest BCUT2D eigenvalue weighted by Crippen LogP contribution is -2.04. The molecule has 20 heavy (non-hydrogen) atoms. The molecule has 0 aliphatic rings. The minimum Gasteiger partial charge on any atom is -0.494 e. The first-order chi connectivity index (χ1) is 9.74. The SMILES string of the molecule is Fc1cccc(NCCCCOc2ccc(Cl)cc2)c1. The maximum absolute atomic E-state index is 12.9. The van der Waals surface area contributed by atoms with Gasteiger partial charge in [-0.15, -0.1) is 0 Å². The highest BCUT2D eigenvalue weighted by Gasteiger charge is 1.96. The number of unbranched alkanes of at least 4 members (excludes halogenated alkanes) is 1. The maximum atomic E-state index is 12.9. The second-order valence-electron chi connectivity index (χ2n) is 4.45. The van der Waals surface area contributed by atoms with E-state index < -0.39 is 0 Å². The molecule has 2 aromatic rings. The van der Waals surface area contributed by atoms with E-state index in [9.17, 15) is 4.39 Å². The number of ether oxygens (including phenoxy) is 1. The van der Waals surface area contributed by atoms with Crippen molar-refractivity contribution in [2.24, 2.45) is 0 Å². The first-order valence-electron chi connectivity index (χ1n) is 6.62. The molecule has 4 heteroatoms. The number of anilines is 1. The molecule has 106 valence electrons. The normalized spacial score (nSPS) is 10.3. The van der Waals surface area contributed by atoms with Crippen molar-refractivity contribution in [3.05, 3.63) is 59.4 Å². The van der Waals surface area contributed by atoms with Gasteiger partial charge in [-0.05, 0) is 55.3 Å². The van der Waals surface area contributed by atoms with Crippen LogP contribution < -0.4 is 10.1 Å². The summed E-state index contributed by atoms with van der Waals surface area (Å²) < 4.78 is 18.5. The molecule has 1 N–H and O–H groups in total. The molecule has 0 amide bonds. The highest BCUT2D eigenvalue weighted by Crippen LogP contribution is 2.15. The standard InChI is InChI=1S/C16H17ClFNO/c17-13-6-8-16(9-7-13)20-11-2-1-10-19-15-5-3-4-14(18)12-15/h3-9,12,19H,1-2,10-11H2. The summed E-state index contributed by atoms with van der Waals surface area (Å²) in [6, 6.07) is 13.8. The van der Waals surface area contributed by atoms with Crippen LogP contribution >= 0.6 is 11.6 Å². The number of hydrogen-bond donors (Lipinski definition) is 1. The Balaban J connectivity index is 1.59. The van der Waals surface area contributed by atoms with Gasteiger partial charge in [0.25, 0.3) is 0 Å². The van der Waals surface area contributed by atoms with Crippen molar-refractivity contribution >= 4 is 17.3 Å². The Kier molecular flexibility index (Phi) is 5.69. The zero-order valence-corrected chi connectivity index (χ0v) is 11.9. The van der Waals surface area contributed by atoms with Crippen molar-refractivity contribution in [3.8, 4) is 5.75 Å². The molecular weight excluding hydrogens is 277 g/mol. The van der Waals surface area contributed by atoms with Crippen molar-refractivity contribution in [2.75, 3.05) is 18.5 Å². The van der Waals surface area contributed by atoms with E-state index in [0.717, 1.165) is 30.8 Å². The van der Waals surface area contributed by atoms with Gasteiger partial charge in [-0.25, -0.2) is 4.39 Å². The van der Waals surface area contributed by atoms with E-state index in [0.29, 0.717) is 11.6 Å². The van der Waals surface area contributed by atoms with Crippen LogP contribution in [0.3, 0.4) is 0 Å². The average molecular weight is 294 g/mol. The summed E-state index contributed by atoms with van der Waals surface area (Å²) in [6.07, 6.45) is 1.90. The molecule has 0 aromatic heterocycles. The van der Waals surface area contributed by atoms with E-state index in [1.54, 1.807) is 6.07 Å². The lowest BCUT2D eigenvalue weighted by molar-refractivity contribution is 0.308. The molecule has 0 aliphatic heterocycles. The Bertz CT molecular complexity index is 530. The van der Waals surface area contributed by atoms with Gasteiger partial charge in [-0.3, -0.25) is 0 Å². The first-order valence-corrected chi connectivity index (χ1v) is 7.00. The van der Waals surface area contributed by atoms with Crippen LogP contribution in [0.4, 0.5) is 10.1 Å². The van der Waals surface area contributed by atoms with Crippen molar-refractivity contribution in [1.82, 2.24) is 0 Å². The topological polar surface area (TPSA) is 21.3 Å². The fraction of sp³-hybridized carbons (Fsp3) is 0.250. The Morgan fingerprint density at radius 1 is 1.05 bits per heavy atom. The Labute approximate surface area is 123 Å². The van der Waals surface area contributed by atoms with Crippen molar-refractivity contribution in [2.45, 2.75) is 12.8 Å². The second-order valence-corrected chi connectivity index (χ2v) is 4.88. The van der Waals surface area contributed by atoms with E-state index in [1.165, 1.54) is 12.1 Å². The molecule has 0 heterocycles. The third-order valence-electron chi connectivity index (χ3n) is 2.81. The predicted molar refractivity (Wildman–Crippen MR) is 81.1 cm³/mol. The van der Waals surface area contributed by atoms with Gasteiger partial charge in [0.05, 0.1) is 6.61 Å².